The Kier molecular flexibility index (Phi) is 49.9. The van der Waals surface area contributed by atoms with E-state index in [1.54, 1.807) is 0 Å². The van der Waals surface area contributed by atoms with Crippen LogP contribution in [0.5, 0.6) is 0 Å². The highest BCUT2D eigenvalue weighted by Crippen LogP contribution is 2.15. The zero-order chi connectivity index (χ0) is 46.5. The summed E-state index contributed by atoms with van der Waals surface area (Å²) in [6.07, 6.45) is 66.0. The molecule has 0 N–H and O–H groups in total. The van der Waals surface area contributed by atoms with Crippen molar-refractivity contribution in [2.45, 2.75) is 264 Å². The molecule has 368 valence electrons. The summed E-state index contributed by atoms with van der Waals surface area (Å²) < 4.78 is 16.8. The molecule has 64 heavy (non-hydrogen) atoms. The second-order valence-electron chi connectivity index (χ2n) is 17.8. The molecule has 0 rings (SSSR count). The Balaban J connectivity index is 4.42. The second-order valence-corrected chi connectivity index (χ2v) is 17.8. The molecule has 0 aliphatic carbocycles. The largest absolute Gasteiger partial charge is 0.462 e. The first-order chi connectivity index (χ1) is 31.5. The van der Waals surface area contributed by atoms with Crippen molar-refractivity contribution in [3.63, 3.8) is 0 Å². The molecular weight excluding hydrogens is 793 g/mol. The number of unbranched alkanes of at least 4 members (excludes halogenated alkanes) is 25. The van der Waals surface area contributed by atoms with Crippen molar-refractivity contribution in [1.29, 1.82) is 0 Å². The highest BCUT2D eigenvalue weighted by atomic mass is 16.6. The van der Waals surface area contributed by atoms with Crippen LogP contribution in [0.4, 0.5) is 0 Å². The lowest BCUT2D eigenvalue weighted by Gasteiger charge is -2.18. The molecule has 0 heterocycles. The van der Waals surface area contributed by atoms with Crippen LogP contribution >= 0.6 is 0 Å². The predicted molar refractivity (Wildman–Crippen MR) is 274 cm³/mol. The van der Waals surface area contributed by atoms with E-state index in [-0.39, 0.29) is 31.1 Å². The molecule has 0 radical (unpaired) electrons. The average Bonchev–Trinajstić information content (AvgIpc) is 3.29. The molecular formula is C58H100O6. The van der Waals surface area contributed by atoms with Gasteiger partial charge in [0, 0.05) is 19.3 Å². The fourth-order valence-corrected chi connectivity index (χ4v) is 7.40. The lowest BCUT2D eigenvalue weighted by Crippen LogP contribution is -2.30. The summed E-state index contributed by atoms with van der Waals surface area (Å²) in [5.41, 5.74) is 0. The van der Waals surface area contributed by atoms with Crippen molar-refractivity contribution in [3.8, 4) is 0 Å². The number of allylic oxidation sites excluding steroid dienone is 12. The van der Waals surface area contributed by atoms with E-state index in [0.717, 1.165) is 89.9 Å². The minimum absolute atomic E-state index is 0.0885. The molecule has 0 spiro atoms. The zero-order valence-corrected chi connectivity index (χ0v) is 42.0. The first-order valence-electron chi connectivity index (χ1n) is 26.9. The Bertz CT molecular complexity index is 1210. The van der Waals surface area contributed by atoms with E-state index in [4.69, 9.17) is 14.2 Å². The van der Waals surface area contributed by atoms with Gasteiger partial charge in [0.25, 0.3) is 0 Å². The van der Waals surface area contributed by atoms with E-state index in [1.165, 1.54) is 128 Å². The lowest BCUT2D eigenvalue weighted by atomic mass is 10.0. The predicted octanol–water partition coefficient (Wildman–Crippen LogP) is 17.8. The smallest absolute Gasteiger partial charge is 0.306 e. The second kappa shape index (κ2) is 52.5. The monoisotopic (exact) mass is 893 g/mol. The maximum atomic E-state index is 12.8. The molecule has 6 heteroatoms. The van der Waals surface area contributed by atoms with Gasteiger partial charge >= 0.3 is 17.9 Å². The molecule has 0 bridgehead atoms. The summed E-state index contributed by atoms with van der Waals surface area (Å²) in [5, 5.41) is 0. The zero-order valence-electron chi connectivity index (χ0n) is 42.0. The normalized spacial score (nSPS) is 12.6. The summed E-state index contributed by atoms with van der Waals surface area (Å²) in [4.78, 5) is 38.0. The van der Waals surface area contributed by atoms with Crippen LogP contribution in [0.2, 0.25) is 0 Å². The molecule has 0 saturated heterocycles. The average molecular weight is 893 g/mol. The van der Waals surface area contributed by atoms with Crippen LogP contribution in [-0.4, -0.2) is 37.2 Å². The van der Waals surface area contributed by atoms with E-state index in [2.05, 4.69) is 93.7 Å². The molecule has 1 atom stereocenters. The number of carbonyl (C=O) groups is 3. The Morgan fingerprint density at radius 2 is 0.609 bits per heavy atom. The van der Waals surface area contributed by atoms with Gasteiger partial charge in [-0.05, 0) is 89.9 Å². The van der Waals surface area contributed by atoms with Crippen molar-refractivity contribution in [1.82, 2.24) is 0 Å². The van der Waals surface area contributed by atoms with Gasteiger partial charge in [-0.15, -0.1) is 0 Å². The van der Waals surface area contributed by atoms with Crippen LogP contribution in [0.25, 0.3) is 0 Å². The quantitative estimate of drug-likeness (QED) is 0.0262. The Hall–Kier alpha value is -3.15. The fraction of sp³-hybridized carbons (Fsp3) is 0.741. The molecule has 0 aromatic heterocycles. The van der Waals surface area contributed by atoms with Gasteiger partial charge in [0.15, 0.2) is 6.10 Å². The van der Waals surface area contributed by atoms with E-state index in [0.29, 0.717) is 19.3 Å². The number of hydrogen-bond donors (Lipinski definition) is 0. The van der Waals surface area contributed by atoms with E-state index in [9.17, 15) is 14.4 Å². The maximum absolute atomic E-state index is 12.8. The fourth-order valence-electron chi connectivity index (χ4n) is 7.40. The SMILES string of the molecule is CC/C=C\C/C=C\C/C=C\C/C=C\CCCCC(=O)OC[C@H](COC(=O)CCCCCCCCCCCCCC)OC(=O)CCCCCCCCCCC/C=C\C/C=C\CCCCC. The van der Waals surface area contributed by atoms with Crippen molar-refractivity contribution >= 4 is 17.9 Å². The number of hydrogen-bond acceptors (Lipinski definition) is 6. The molecule has 0 unspecified atom stereocenters. The van der Waals surface area contributed by atoms with Gasteiger partial charge in [-0.2, -0.15) is 0 Å². The minimum atomic E-state index is -0.792. The lowest BCUT2D eigenvalue weighted by molar-refractivity contribution is -0.167. The van der Waals surface area contributed by atoms with Gasteiger partial charge in [0.1, 0.15) is 13.2 Å². The summed E-state index contributed by atoms with van der Waals surface area (Å²) in [5.74, 6) is -0.932. The van der Waals surface area contributed by atoms with Crippen molar-refractivity contribution < 1.29 is 28.6 Å². The topological polar surface area (TPSA) is 78.9 Å². The number of esters is 3. The number of rotatable bonds is 48. The van der Waals surface area contributed by atoms with Gasteiger partial charge in [-0.3, -0.25) is 14.4 Å². The van der Waals surface area contributed by atoms with Gasteiger partial charge < -0.3 is 14.2 Å². The molecule has 0 fully saturated rings. The van der Waals surface area contributed by atoms with Crippen molar-refractivity contribution in [2.75, 3.05) is 13.2 Å². The summed E-state index contributed by atoms with van der Waals surface area (Å²) >= 11 is 0. The Morgan fingerprint density at radius 3 is 1.02 bits per heavy atom. The minimum Gasteiger partial charge on any atom is -0.462 e. The van der Waals surface area contributed by atoms with Crippen LogP contribution in [-0.2, 0) is 28.6 Å². The summed E-state index contributed by atoms with van der Waals surface area (Å²) in [7, 11) is 0. The molecule has 0 aromatic rings. The van der Waals surface area contributed by atoms with Crippen molar-refractivity contribution in [2.24, 2.45) is 0 Å². The first kappa shape index (κ1) is 60.9. The van der Waals surface area contributed by atoms with Gasteiger partial charge in [0.05, 0.1) is 0 Å². The molecule has 0 saturated carbocycles. The van der Waals surface area contributed by atoms with Crippen LogP contribution in [0.3, 0.4) is 0 Å². The third-order valence-electron chi connectivity index (χ3n) is 11.4. The highest BCUT2D eigenvalue weighted by molar-refractivity contribution is 5.71. The van der Waals surface area contributed by atoms with Crippen LogP contribution in [0, 0.1) is 0 Å². The standard InChI is InChI=1S/C58H100O6/c1-4-7-10-13-16-19-22-25-27-28-29-30-32-34-37-40-43-46-49-52-58(61)64-55(53-62-56(59)50-47-44-41-38-35-24-21-18-15-12-9-6-3)54-63-57(60)51-48-45-42-39-36-33-31-26-23-20-17-14-11-8-5-2/h8,11,16-17,19-20,25-27,31,36,39,55H,4-7,9-10,12-15,18,21-24,28-30,32-35,37-38,40-54H2,1-3H3/b11-8-,19-16-,20-17-,27-25-,31-26-,39-36-/t55-/m0/s1. The highest BCUT2D eigenvalue weighted by Gasteiger charge is 2.19. The number of ether oxygens (including phenoxy) is 3. The van der Waals surface area contributed by atoms with Gasteiger partial charge in [-0.25, -0.2) is 0 Å². The van der Waals surface area contributed by atoms with Crippen LogP contribution in [0.15, 0.2) is 72.9 Å². The maximum Gasteiger partial charge on any atom is 0.306 e. The molecule has 0 aromatic carbocycles. The molecule has 0 amide bonds. The van der Waals surface area contributed by atoms with Gasteiger partial charge in [-0.1, -0.05) is 222 Å². The van der Waals surface area contributed by atoms with Crippen molar-refractivity contribution in [3.05, 3.63) is 72.9 Å². The number of carbonyl (C=O) groups excluding carboxylic acids is 3. The van der Waals surface area contributed by atoms with Crippen LogP contribution in [0.1, 0.15) is 258 Å². The molecule has 6 nitrogen and oxygen atoms in total. The Morgan fingerprint density at radius 1 is 0.328 bits per heavy atom. The summed E-state index contributed by atoms with van der Waals surface area (Å²) in [6.45, 7) is 6.47. The first-order valence-corrected chi connectivity index (χ1v) is 26.9. The summed E-state index contributed by atoms with van der Waals surface area (Å²) in [6, 6.07) is 0. The van der Waals surface area contributed by atoms with E-state index >= 15 is 0 Å². The van der Waals surface area contributed by atoms with E-state index in [1.807, 2.05) is 0 Å². The molecule has 0 aliphatic heterocycles. The van der Waals surface area contributed by atoms with Gasteiger partial charge in [0.2, 0.25) is 0 Å². The molecule has 0 aliphatic rings. The Labute approximate surface area is 395 Å². The van der Waals surface area contributed by atoms with E-state index < -0.39 is 6.10 Å². The third-order valence-corrected chi connectivity index (χ3v) is 11.4. The third kappa shape index (κ3) is 49.9. The van der Waals surface area contributed by atoms with Crippen LogP contribution < -0.4 is 0 Å².